The van der Waals surface area contributed by atoms with E-state index in [0.717, 1.165) is 7.05 Å². The summed E-state index contributed by atoms with van der Waals surface area (Å²) >= 11 is 0. The van der Waals surface area contributed by atoms with Crippen molar-refractivity contribution < 1.29 is 6.29 Å². The fourth-order valence-corrected chi connectivity index (χ4v) is 0. The van der Waals surface area contributed by atoms with Crippen LogP contribution in [0.15, 0.2) is 5.28 Å². The van der Waals surface area contributed by atoms with Crippen molar-refractivity contribution in [2.75, 3.05) is 7.05 Å². The third kappa shape index (κ3) is 63.7. The van der Waals surface area contributed by atoms with Gasteiger partial charge in [0.2, 0.25) is 0 Å². The Kier molecular flexibility index (Phi) is 55.3. The van der Waals surface area contributed by atoms with Gasteiger partial charge in [-0.15, -0.1) is 4.86 Å². The number of nitrogens with zero attached hydrogens (tertiary/aromatic N) is 2. The molecule has 0 saturated carbocycles. The summed E-state index contributed by atoms with van der Waals surface area (Å²) in [5.41, 5.74) is 0. The summed E-state index contributed by atoms with van der Waals surface area (Å²) in [6, 6.07) is 0. The lowest BCUT2D eigenvalue weighted by Crippen LogP contribution is -1.83. The van der Waals surface area contributed by atoms with E-state index in [1.807, 2.05) is 5.28 Å². The Balaban J connectivity index is -0.0000000133. The molecular weight excluding hydrogens is 108 g/mol. The highest BCUT2D eigenvalue weighted by Gasteiger charge is 1.54. The van der Waals surface area contributed by atoms with Crippen molar-refractivity contribution in [1.82, 2.24) is 0 Å². The van der Waals surface area contributed by atoms with Crippen molar-refractivity contribution in [2.45, 2.75) is 22.3 Å². The van der Waals surface area contributed by atoms with Crippen LogP contribution in [0.5, 0.6) is 0 Å². The third-order valence-corrected chi connectivity index (χ3v) is 0.115. The molecule has 0 N–H and O–H groups in total. The van der Waals surface area contributed by atoms with Gasteiger partial charge in [0.25, 0.3) is 0 Å². The van der Waals surface area contributed by atoms with E-state index in [9.17, 15) is 5.21 Å². The van der Waals surface area contributed by atoms with Gasteiger partial charge in [-0.1, -0.05) is 22.3 Å². The highest BCUT2D eigenvalue weighted by Crippen LogP contribution is 1.57. The van der Waals surface area contributed by atoms with Gasteiger partial charge in [0.15, 0.2) is 7.05 Å². The third-order valence-electron chi connectivity index (χ3n) is 0.115. The second-order valence-corrected chi connectivity index (χ2v) is 0.546. The first-order valence-corrected chi connectivity index (χ1v) is 1.01. The molecule has 0 unspecified atom stereocenters. The molecule has 0 aliphatic heterocycles. The zero-order chi connectivity index (χ0) is 4.28. The quantitative estimate of drug-likeness (QED) is 0.282. The Labute approximate surface area is 52.5 Å². The fourth-order valence-electron chi connectivity index (χ4n) is 0. The normalized spacial score (nSPS) is 7.38. The Morgan fingerprint density at radius 2 is 1.50 bits per heavy atom. The summed E-state index contributed by atoms with van der Waals surface area (Å²) in [7, 11) is 1.02. The summed E-state index contributed by atoms with van der Waals surface area (Å²) < 4.78 is 0. The van der Waals surface area contributed by atoms with Crippen LogP contribution in [0.3, 0.4) is 0 Å². The first kappa shape index (κ1) is 27.0. The van der Waals surface area contributed by atoms with Gasteiger partial charge in [0.05, 0.1) is 0 Å². The Morgan fingerprint density at radius 3 is 1.50 bits per heavy atom. The molecule has 0 amide bonds. The minimum absolute atomic E-state index is 0. The largest absolute Gasteiger partial charge is 1.00 e. The molecule has 0 heterocycles. The molecule has 4 nitrogen and oxygen atoms in total. The molecule has 0 fully saturated rings. The first-order chi connectivity index (χ1) is 2.27. The van der Waals surface area contributed by atoms with Crippen molar-refractivity contribution in [1.29, 1.82) is 0 Å². The molecule has 54 valence electrons. The maximum absolute atomic E-state index is 9.25. The molecule has 0 atom stereocenters. The van der Waals surface area contributed by atoms with Crippen molar-refractivity contribution in [3.8, 4) is 0 Å². The number of hydrogen-bond donors (Lipinski definition) is 0. The van der Waals surface area contributed by atoms with E-state index >= 15 is 0 Å². The molecule has 0 aromatic heterocycles. The van der Waals surface area contributed by atoms with Crippen molar-refractivity contribution in [3.63, 3.8) is 0 Å². The highest BCUT2D eigenvalue weighted by atomic mass is 16.6. The molecule has 0 bridgehead atoms. The van der Waals surface area contributed by atoms with Crippen LogP contribution in [0.25, 0.3) is 0 Å². The Bertz CT molecular complexity index is 54.5. The zero-order valence-electron chi connectivity index (χ0n) is 3.71. The van der Waals surface area contributed by atoms with Crippen molar-refractivity contribution in [3.05, 3.63) is 10.4 Å². The van der Waals surface area contributed by atoms with E-state index in [0.29, 0.717) is 0 Å². The average molecular weight is 124 g/mol. The SMILES string of the molecule is C.C.C.C[N+]([O-])=N[O-].[H+]. The minimum Gasteiger partial charge on any atom is -0.739 e. The minimum atomic E-state index is -0.0556. The molecule has 0 aromatic carbocycles. The smallest absolute Gasteiger partial charge is 0.739 e. The molecular formula is C4H16N2O2. The molecule has 8 heavy (non-hydrogen) atoms. The van der Waals surface area contributed by atoms with Crippen LogP contribution in [-0.4, -0.2) is 11.9 Å². The van der Waals surface area contributed by atoms with Crippen LogP contribution in [0.1, 0.15) is 23.7 Å². The molecule has 0 rings (SSSR count). The van der Waals surface area contributed by atoms with Crippen LogP contribution in [-0.2, 0) is 0 Å². The monoisotopic (exact) mass is 124 g/mol. The van der Waals surface area contributed by atoms with E-state index in [1.54, 1.807) is 0 Å². The van der Waals surface area contributed by atoms with Crippen molar-refractivity contribution in [2.24, 2.45) is 5.28 Å². The lowest BCUT2D eigenvalue weighted by molar-refractivity contribution is -0.494. The topological polar surface area (TPSA) is 61.5 Å². The lowest BCUT2D eigenvalue weighted by atomic mass is 11.5. The summed E-state index contributed by atoms with van der Waals surface area (Å²) in [4.78, 5) is -0.0556. The predicted octanol–water partition coefficient (Wildman–Crippen LogP) is 2.10. The van der Waals surface area contributed by atoms with E-state index in [-0.39, 0.29) is 28.6 Å². The molecule has 0 aliphatic rings. The van der Waals surface area contributed by atoms with Gasteiger partial charge in [0, 0.05) is 0 Å². The maximum atomic E-state index is 9.25. The van der Waals surface area contributed by atoms with Crippen molar-refractivity contribution >= 4 is 0 Å². The van der Waals surface area contributed by atoms with Crippen LogP contribution < -0.4 is 0 Å². The van der Waals surface area contributed by atoms with Gasteiger partial charge in [-0.05, 0) is 5.28 Å². The zero-order valence-corrected chi connectivity index (χ0v) is 2.71. The highest BCUT2D eigenvalue weighted by molar-refractivity contribution is 4.10. The van der Waals surface area contributed by atoms with E-state index in [4.69, 9.17) is 5.21 Å². The summed E-state index contributed by atoms with van der Waals surface area (Å²) in [6.07, 6.45) is 0. The van der Waals surface area contributed by atoms with E-state index < -0.39 is 0 Å². The van der Waals surface area contributed by atoms with Gasteiger partial charge < -0.3 is 10.4 Å². The average Bonchev–Trinajstić information content (AvgIpc) is 1.38. The van der Waals surface area contributed by atoms with Crippen LogP contribution in [0.4, 0.5) is 0 Å². The van der Waals surface area contributed by atoms with E-state index in [1.165, 1.54) is 0 Å². The fraction of sp³-hybridized carbons (Fsp3) is 1.00. The maximum Gasteiger partial charge on any atom is 1.00 e. The standard InChI is InChI=1S/CH4N2O2.3CH4/c1-3(5)2-4;;;/h4H,1H3;3*1H4. The number of hydrogen-bond acceptors (Lipinski definition) is 3. The van der Waals surface area contributed by atoms with Gasteiger partial charge in [-0.25, -0.2) is 0 Å². The molecule has 0 spiro atoms. The second-order valence-electron chi connectivity index (χ2n) is 0.546. The summed E-state index contributed by atoms with van der Waals surface area (Å²) in [5.74, 6) is 0. The summed E-state index contributed by atoms with van der Waals surface area (Å²) in [6.45, 7) is 0. The van der Waals surface area contributed by atoms with Crippen LogP contribution >= 0.6 is 0 Å². The van der Waals surface area contributed by atoms with Crippen LogP contribution in [0, 0.1) is 10.4 Å². The molecule has 4 heteroatoms. The molecule has 0 saturated heterocycles. The summed E-state index contributed by atoms with van der Waals surface area (Å²) in [5, 5.41) is 20.0. The van der Waals surface area contributed by atoms with Gasteiger partial charge in [-0.3, -0.25) is 0 Å². The molecule has 0 radical (unpaired) electrons. The van der Waals surface area contributed by atoms with Crippen LogP contribution in [0.2, 0.25) is 0 Å². The second kappa shape index (κ2) is 16.4. The molecule has 0 aromatic rings. The lowest BCUT2D eigenvalue weighted by Gasteiger charge is -1.88. The Morgan fingerprint density at radius 1 is 1.38 bits per heavy atom. The number of hydroxylamine groups is 1. The number of rotatable bonds is 0. The van der Waals surface area contributed by atoms with E-state index in [2.05, 4.69) is 0 Å². The Hall–Kier alpha value is -0.800. The molecule has 0 aliphatic carbocycles. The van der Waals surface area contributed by atoms with Gasteiger partial charge >= 0.3 is 1.43 Å². The predicted molar refractivity (Wildman–Crippen MR) is 36.7 cm³/mol. The first-order valence-electron chi connectivity index (χ1n) is 1.01. The van der Waals surface area contributed by atoms with Gasteiger partial charge in [0.1, 0.15) is 0 Å². The van der Waals surface area contributed by atoms with Gasteiger partial charge in [-0.2, -0.15) is 0 Å².